The zero-order chi connectivity index (χ0) is 20.3. The Kier molecular flexibility index (Phi) is 4.10. The summed E-state index contributed by atoms with van der Waals surface area (Å²) in [7, 11) is -1.21. The first-order valence-electron chi connectivity index (χ1n) is 9.40. The molecule has 1 aliphatic heterocycles. The molecule has 0 saturated carbocycles. The number of imidazole rings is 1. The van der Waals surface area contributed by atoms with Gasteiger partial charge in [0.25, 0.3) is 0 Å². The molecule has 2 unspecified atom stereocenters. The van der Waals surface area contributed by atoms with Crippen molar-refractivity contribution in [2.24, 2.45) is 0 Å². The van der Waals surface area contributed by atoms with E-state index in [1.54, 1.807) is 24.6 Å². The van der Waals surface area contributed by atoms with E-state index < -0.39 is 11.0 Å². The highest BCUT2D eigenvalue weighted by Crippen LogP contribution is 2.41. The summed E-state index contributed by atoms with van der Waals surface area (Å²) in [6.07, 6.45) is 5.42. The van der Waals surface area contributed by atoms with E-state index in [2.05, 4.69) is 22.5 Å². The number of anilines is 1. The van der Waals surface area contributed by atoms with Crippen molar-refractivity contribution in [3.8, 4) is 11.3 Å². The molecule has 1 aliphatic rings. The maximum Gasteiger partial charge on any atom is 0.138 e. The molecule has 3 heterocycles. The van der Waals surface area contributed by atoms with Crippen molar-refractivity contribution < 1.29 is 13.0 Å². The average Bonchev–Trinajstić information content (AvgIpc) is 3.27. The van der Waals surface area contributed by atoms with Crippen molar-refractivity contribution in [1.82, 2.24) is 9.55 Å². The molecule has 29 heavy (non-hydrogen) atoms. The molecule has 0 spiro atoms. The lowest BCUT2D eigenvalue weighted by atomic mass is 10.0. The fourth-order valence-electron chi connectivity index (χ4n) is 4.11. The minimum Gasteiger partial charge on any atom is -0.456 e. The molecule has 0 N–H and O–H groups in total. The van der Waals surface area contributed by atoms with Gasteiger partial charge < -0.3 is 8.98 Å². The van der Waals surface area contributed by atoms with E-state index in [-0.39, 0.29) is 11.9 Å². The fraction of sp³-hybridized carbons (Fsp3) is 0.227. The standard InChI is InChI=1S/C22H20FN3O2S/c1-13-17-10-18-14(2)25-9-8-24-21(25)12-26(29(3)27)19(18)11-20(17)28-22(13)15-4-6-16(23)7-5-15/h4-11,14H,12H2,1-3H3. The van der Waals surface area contributed by atoms with Gasteiger partial charge >= 0.3 is 0 Å². The first-order chi connectivity index (χ1) is 13.9. The monoisotopic (exact) mass is 409 g/mol. The molecule has 2 aromatic carbocycles. The number of benzene rings is 2. The first-order valence-corrected chi connectivity index (χ1v) is 10.9. The van der Waals surface area contributed by atoms with Crippen molar-refractivity contribution in [2.45, 2.75) is 26.4 Å². The molecule has 2 atom stereocenters. The number of aromatic nitrogens is 2. The van der Waals surface area contributed by atoms with Gasteiger partial charge in [0.2, 0.25) is 0 Å². The van der Waals surface area contributed by atoms with Gasteiger partial charge in [-0.05, 0) is 49.7 Å². The number of hydrogen-bond acceptors (Lipinski definition) is 3. The first kappa shape index (κ1) is 18.1. The van der Waals surface area contributed by atoms with Crippen LogP contribution in [0.25, 0.3) is 22.3 Å². The van der Waals surface area contributed by atoms with Crippen LogP contribution in [0.3, 0.4) is 0 Å². The number of hydrogen-bond donors (Lipinski definition) is 0. The molecule has 0 fully saturated rings. The Morgan fingerprint density at radius 3 is 2.72 bits per heavy atom. The fourth-order valence-corrected chi connectivity index (χ4v) is 4.84. The second-order valence-corrected chi connectivity index (χ2v) is 8.65. The second-order valence-electron chi connectivity index (χ2n) is 7.36. The SMILES string of the molecule is Cc1c(-c2ccc(F)cc2)oc2cc3c(cc12)C(C)n1ccnc1CN3S(C)=O. The van der Waals surface area contributed by atoms with Gasteiger partial charge in [0.05, 0.1) is 18.3 Å². The van der Waals surface area contributed by atoms with Crippen LogP contribution in [0.4, 0.5) is 10.1 Å². The predicted molar refractivity (Wildman–Crippen MR) is 113 cm³/mol. The van der Waals surface area contributed by atoms with Crippen LogP contribution >= 0.6 is 0 Å². The van der Waals surface area contributed by atoms with Crippen molar-refractivity contribution >= 4 is 27.6 Å². The van der Waals surface area contributed by atoms with Crippen molar-refractivity contribution in [2.75, 3.05) is 10.6 Å². The van der Waals surface area contributed by atoms with Crippen molar-refractivity contribution in [3.05, 3.63) is 71.6 Å². The Bertz CT molecular complexity index is 1260. The highest BCUT2D eigenvalue weighted by molar-refractivity contribution is 7.85. The Labute approximate surface area is 170 Å². The summed E-state index contributed by atoms with van der Waals surface area (Å²) < 4.78 is 36.0. The zero-order valence-corrected chi connectivity index (χ0v) is 17.2. The molecule has 0 aliphatic carbocycles. The minimum atomic E-state index is -1.21. The molecule has 5 nitrogen and oxygen atoms in total. The third-order valence-electron chi connectivity index (χ3n) is 5.67. The number of aryl methyl sites for hydroxylation is 1. The van der Waals surface area contributed by atoms with Gasteiger partial charge in [-0.3, -0.25) is 4.31 Å². The van der Waals surface area contributed by atoms with E-state index in [9.17, 15) is 8.60 Å². The molecule has 7 heteroatoms. The number of nitrogens with zero attached hydrogens (tertiary/aromatic N) is 3. The highest BCUT2D eigenvalue weighted by Gasteiger charge is 2.28. The third kappa shape index (κ3) is 2.80. The molecular formula is C22H20FN3O2S. The normalized spacial score (nSPS) is 17.1. The van der Waals surface area contributed by atoms with Gasteiger partial charge in [-0.15, -0.1) is 0 Å². The van der Waals surface area contributed by atoms with E-state index in [0.717, 1.165) is 44.9 Å². The van der Waals surface area contributed by atoms with E-state index in [4.69, 9.17) is 4.42 Å². The largest absolute Gasteiger partial charge is 0.456 e. The van der Waals surface area contributed by atoms with Crippen LogP contribution in [-0.2, 0) is 17.5 Å². The molecule has 148 valence electrons. The topological polar surface area (TPSA) is 51.3 Å². The van der Waals surface area contributed by atoms with Crippen LogP contribution in [0.5, 0.6) is 0 Å². The van der Waals surface area contributed by atoms with Crippen LogP contribution in [0, 0.1) is 12.7 Å². The maximum absolute atomic E-state index is 13.3. The molecule has 2 aromatic heterocycles. The van der Waals surface area contributed by atoms with Crippen LogP contribution in [0.2, 0.25) is 0 Å². The molecule has 5 rings (SSSR count). The Balaban J connectivity index is 1.75. The molecule has 0 amide bonds. The summed E-state index contributed by atoms with van der Waals surface area (Å²) in [5.74, 6) is 1.32. The summed E-state index contributed by atoms with van der Waals surface area (Å²) >= 11 is 0. The van der Waals surface area contributed by atoms with E-state index in [1.165, 1.54) is 12.1 Å². The third-order valence-corrected chi connectivity index (χ3v) is 6.62. The highest BCUT2D eigenvalue weighted by atomic mass is 32.2. The van der Waals surface area contributed by atoms with Gasteiger partial charge in [-0.2, -0.15) is 0 Å². The van der Waals surface area contributed by atoms with E-state index >= 15 is 0 Å². The summed E-state index contributed by atoms with van der Waals surface area (Å²) in [4.78, 5) is 4.45. The van der Waals surface area contributed by atoms with Crippen LogP contribution in [0.15, 0.2) is 53.2 Å². The van der Waals surface area contributed by atoms with Gasteiger partial charge in [0.1, 0.15) is 34.0 Å². The van der Waals surface area contributed by atoms with E-state index in [1.807, 2.05) is 23.5 Å². The molecular weight excluding hydrogens is 389 g/mol. The summed E-state index contributed by atoms with van der Waals surface area (Å²) in [6.45, 7) is 4.59. The van der Waals surface area contributed by atoms with Crippen LogP contribution in [-0.4, -0.2) is 20.0 Å². The van der Waals surface area contributed by atoms with Crippen molar-refractivity contribution in [3.63, 3.8) is 0 Å². The predicted octanol–water partition coefficient (Wildman–Crippen LogP) is 4.97. The molecule has 0 radical (unpaired) electrons. The number of halogens is 1. The summed E-state index contributed by atoms with van der Waals surface area (Å²) in [5, 5.41) is 1.00. The maximum atomic E-state index is 13.3. The zero-order valence-electron chi connectivity index (χ0n) is 16.3. The quantitative estimate of drug-likeness (QED) is 0.470. The molecule has 0 bridgehead atoms. The Hall–Kier alpha value is -2.93. The van der Waals surface area contributed by atoms with Gasteiger partial charge in [-0.1, -0.05) is 0 Å². The molecule has 0 saturated heterocycles. The van der Waals surface area contributed by atoms with Crippen LogP contribution < -0.4 is 4.31 Å². The second kappa shape index (κ2) is 6.56. The lowest BCUT2D eigenvalue weighted by Gasteiger charge is -2.22. The van der Waals surface area contributed by atoms with E-state index in [0.29, 0.717) is 6.54 Å². The number of fused-ring (bicyclic) bond motifs is 3. The lowest BCUT2D eigenvalue weighted by Crippen LogP contribution is -2.24. The summed E-state index contributed by atoms with van der Waals surface area (Å²) in [6, 6.07) is 10.4. The van der Waals surface area contributed by atoms with Crippen molar-refractivity contribution in [1.29, 1.82) is 0 Å². The smallest absolute Gasteiger partial charge is 0.138 e. The lowest BCUT2D eigenvalue weighted by molar-refractivity contribution is 0.616. The molecule has 4 aromatic rings. The number of furan rings is 1. The Morgan fingerprint density at radius 1 is 1.24 bits per heavy atom. The summed E-state index contributed by atoms with van der Waals surface area (Å²) in [5.41, 5.74) is 4.51. The van der Waals surface area contributed by atoms with Gasteiger partial charge in [-0.25, -0.2) is 13.6 Å². The minimum absolute atomic E-state index is 0.0454. The van der Waals surface area contributed by atoms with Gasteiger partial charge in [0.15, 0.2) is 0 Å². The number of rotatable bonds is 2. The van der Waals surface area contributed by atoms with Crippen LogP contribution in [0.1, 0.15) is 29.9 Å². The average molecular weight is 409 g/mol. The Morgan fingerprint density at radius 2 is 2.00 bits per heavy atom. The van der Waals surface area contributed by atoms with Gasteiger partial charge in [0, 0.05) is 41.2 Å².